The first-order valence-electron chi connectivity index (χ1n) is 9.30. The van der Waals surface area contributed by atoms with E-state index in [9.17, 15) is 4.79 Å². The lowest BCUT2D eigenvalue weighted by Gasteiger charge is -2.20. The summed E-state index contributed by atoms with van der Waals surface area (Å²) >= 11 is 8.06. The first-order chi connectivity index (χ1) is 13.9. The van der Waals surface area contributed by atoms with Gasteiger partial charge in [-0.25, -0.2) is 4.98 Å². The molecule has 0 unspecified atom stereocenters. The number of carbonyl (C=O) groups excluding carboxylic acids is 1. The predicted octanol–water partition coefficient (Wildman–Crippen LogP) is 4.31. The number of primary amides is 1. The average Bonchev–Trinajstić information content (AvgIpc) is 3.10. The van der Waals surface area contributed by atoms with Crippen LogP contribution in [0.5, 0.6) is 5.75 Å². The SMILES string of the molecule is Cc1ncsc1CCN(C)Cc1cc(-c2ccccc2Cl)ccc1OCC(N)=O. The molecule has 0 spiro atoms. The van der Waals surface area contributed by atoms with E-state index in [0.717, 1.165) is 35.3 Å². The number of thiazole rings is 1. The van der Waals surface area contributed by atoms with Gasteiger partial charge in [-0.15, -0.1) is 11.3 Å². The fourth-order valence-corrected chi connectivity index (χ4v) is 4.10. The second-order valence-corrected chi connectivity index (χ2v) is 8.25. The zero-order valence-electron chi connectivity index (χ0n) is 16.5. The molecule has 0 saturated heterocycles. The number of benzene rings is 2. The number of rotatable bonds is 9. The number of likely N-dealkylation sites (N-methyl/N-ethyl adjacent to an activating group) is 1. The second kappa shape index (κ2) is 9.87. The fourth-order valence-electron chi connectivity index (χ4n) is 3.08. The zero-order valence-corrected chi connectivity index (χ0v) is 18.1. The third-order valence-corrected chi connectivity index (χ3v) is 5.95. The average molecular weight is 430 g/mol. The van der Waals surface area contributed by atoms with Gasteiger partial charge in [-0.2, -0.15) is 0 Å². The summed E-state index contributed by atoms with van der Waals surface area (Å²) in [7, 11) is 2.07. The summed E-state index contributed by atoms with van der Waals surface area (Å²) in [5, 5.41) is 0.693. The molecular weight excluding hydrogens is 406 g/mol. The van der Waals surface area contributed by atoms with E-state index in [2.05, 4.69) is 23.0 Å². The van der Waals surface area contributed by atoms with Gasteiger partial charge in [-0.3, -0.25) is 4.79 Å². The van der Waals surface area contributed by atoms with Crippen molar-refractivity contribution in [3.05, 3.63) is 69.1 Å². The molecule has 5 nitrogen and oxygen atoms in total. The van der Waals surface area contributed by atoms with E-state index in [0.29, 0.717) is 17.3 Å². The molecule has 152 valence electrons. The van der Waals surface area contributed by atoms with Crippen molar-refractivity contribution in [2.45, 2.75) is 19.9 Å². The Morgan fingerprint density at radius 2 is 2.07 bits per heavy atom. The van der Waals surface area contributed by atoms with Crippen LogP contribution in [0.15, 0.2) is 48.0 Å². The van der Waals surface area contributed by atoms with Crippen molar-refractivity contribution >= 4 is 28.8 Å². The third-order valence-electron chi connectivity index (χ3n) is 4.62. The first-order valence-corrected chi connectivity index (χ1v) is 10.6. The van der Waals surface area contributed by atoms with Gasteiger partial charge in [0.1, 0.15) is 5.75 Å². The van der Waals surface area contributed by atoms with Crippen LogP contribution in [0.2, 0.25) is 5.02 Å². The van der Waals surface area contributed by atoms with Gasteiger partial charge in [-0.1, -0.05) is 35.9 Å². The molecule has 0 aliphatic rings. The highest BCUT2D eigenvalue weighted by Gasteiger charge is 2.12. The van der Waals surface area contributed by atoms with Gasteiger partial charge in [0.25, 0.3) is 5.91 Å². The van der Waals surface area contributed by atoms with E-state index in [-0.39, 0.29) is 6.61 Å². The Bertz CT molecular complexity index is 990. The van der Waals surface area contributed by atoms with Gasteiger partial charge in [-0.05, 0) is 44.2 Å². The minimum atomic E-state index is -0.500. The number of halogens is 1. The summed E-state index contributed by atoms with van der Waals surface area (Å²) in [6, 6.07) is 13.6. The number of aromatic nitrogens is 1. The van der Waals surface area contributed by atoms with E-state index >= 15 is 0 Å². The molecule has 0 atom stereocenters. The fraction of sp³-hybridized carbons (Fsp3) is 0.273. The van der Waals surface area contributed by atoms with E-state index in [1.807, 2.05) is 48.8 Å². The largest absolute Gasteiger partial charge is 0.483 e. The van der Waals surface area contributed by atoms with Crippen molar-refractivity contribution in [3.63, 3.8) is 0 Å². The van der Waals surface area contributed by atoms with Crippen LogP contribution in [-0.2, 0) is 17.8 Å². The van der Waals surface area contributed by atoms with E-state index < -0.39 is 5.91 Å². The van der Waals surface area contributed by atoms with Crippen molar-refractivity contribution in [1.29, 1.82) is 0 Å². The van der Waals surface area contributed by atoms with E-state index in [1.165, 1.54) is 4.88 Å². The lowest BCUT2D eigenvalue weighted by atomic mass is 10.0. The third kappa shape index (κ3) is 5.79. The number of aryl methyl sites for hydroxylation is 1. The Morgan fingerprint density at radius 3 is 2.76 bits per heavy atom. The van der Waals surface area contributed by atoms with Gasteiger partial charge < -0.3 is 15.4 Å². The van der Waals surface area contributed by atoms with Crippen LogP contribution in [0.25, 0.3) is 11.1 Å². The Hall–Kier alpha value is -2.41. The molecule has 0 radical (unpaired) electrons. The van der Waals surface area contributed by atoms with Crippen molar-refractivity contribution in [3.8, 4) is 16.9 Å². The van der Waals surface area contributed by atoms with Crippen LogP contribution < -0.4 is 10.5 Å². The summed E-state index contributed by atoms with van der Waals surface area (Å²) in [6.45, 7) is 3.44. The van der Waals surface area contributed by atoms with Gasteiger partial charge in [0, 0.05) is 34.1 Å². The lowest BCUT2D eigenvalue weighted by Crippen LogP contribution is -2.23. The quantitative estimate of drug-likeness (QED) is 0.550. The molecule has 0 aliphatic heterocycles. The van der Waals surface area contributed by atoms with Crippen LogP contribution in [-0.4, -0.2) is 36.0 Å². The highest BCUT2D eigenvalue weighted by Crippen LogP contribution is 2.32. The molecule has 0 fully saturated rings. The van der Waals surface area contributed by atoms with Gasteiger partial charge in [0.05, 0.1) is 11.2 Å². The number of ether oxygens (including phenoxy) is 1. The Kier molecular flexibility index (Phi) is 7.25. The lowest BCUT2D eigenvalue weighted by molar-refractivity contribution is -0.119. The molecule has 3 aromatic rings. The van der Waals surface area contributed by atoms with Crippen molar-refractivity contribution in [2.24, 2.45) is 5.73 Å². The summed E-state index contributed by atoms with van der Waals surface area (Å²) in [5.74, 6) is 0.153. The van der Waals surface area contributed by atoms with Crippen LogP contribution in [0.3, 0.4) is 0 Å². The van der Waals surface area contributed by atoms with Crippen LogP contribution >= 0.6 is 22.9 Å². The molecule has 1 amide bonds. The molecule has 3 rings (SSSR count). The molecule has 7 heteroatoms. The van der Waals surface area contributed by atoms with Crippen molar-refractivity contribution in [1.82, 2.24) is 9.88 Å². The minimum absolute atomic E-state index is 0.151. The Labute approximate surface area is 180 Å². The topological polar surface area (TPSA) is 68.5 Å². The Morgan fingerprint density at radius 1 is 1.28 bits per heavy atom. The molecule has 0 saturated carbocycles. The van der Waals surface area contributed by atoms with Crippen LogP contribution in [0.4, 0.5) is 0 Å². The summed E-state index contributed by atoms with van der Waals surface area (Å²) < 4.78 is 5.65. The molecule has 0 bridgehead atoms. The number of nitrogens with two attached hydrogens (primary N) is 1. The van der Waals surface area contributed by atoms with Crippen LogP contribution in [0.1, 0.15) is 16.1 Å². The zero-order chi connectivity index (χ0) is 20.8. The number of nitrogens with zero attached hydrogens (tertiary/aromatic N) is 2. The minimum Gasteiger partial charge on any atom is -0.483 e. The number of carbonyl (C=O) groups is 1. The monoisotopic (exact) mass is 429 g/mol. The summed E-state index contributed by atoms with van der Waals surface area (Å²) in [4.78, 5) is 19.0. The first kappa shape index (κ1) is 21.3. The highest BCUT2D eigenvalue weighted by atomic mass is 35.5. The predicted molar refractivity (Wildman–Crippen MR) is 118 cm³/mol. The maximum atomic E-state index is 11.2. The summed E-state index contributed by atoms with van der Waals surface area (Å²) in [5.41, 5.74) is 11.2. The number of hydrogen-bond donors (Lipinski definition) is 1. The smallest absolute Gasteiger partial charge is 0.255 e. The molecule has 29 heavy (non-hydrogen) atoms. The van der Waals surface area contributed by atoms with Gasteiger partial charge >= 0.3 is 0 Å². The van der Waals surface area contributed by atoms with Crippen molar-refractivity contribution in [2.75, 3.05) is 20.2 Å². The van der Waals surface area contributed by atoms with Gasteiger partial charge in [0.2, 0.25) is 0 Å². The second-order valence-electron chi connectivity index (χ2n) is 6.91. The molecular formula is C22H24ClN3O2S. The van der Waals surface area contributed by atoms with E-state index in [4.69, 9.17) is 22.1 Å². The molecule has 2 aromatic carbocycles. The van der Waals surface area contributed by atoms with Crippen molar-refractivity contribution < 1.29 is 9.53 Å². The van der Waals surface area contributed by atoms with Crippen LogP contribution in [0, 0.1) is 6.92 Å². The maximum Gasteiger partial charge on any atom is 0.255 e. The number of hydrogen-bond acceptors (Lipinski definition) is 5. The molecule has 1 aromatic heterocycles. The summed E-state index contributed by atoms with van der Waals surface area (Å²) in [6.07, 6.45) is 0.939. The molecule has 1 heterocycles. The number of amides is 1. The normalized spacial score (nSPS) is 11.0. The molecule has 0 aliphatic carbocycles. The van der Waals surface area contributed by atoms with Gasteiger partial charge in [0.15, 0.2) is 6.61 Å². The highest BCUT2D eigenvalue weighted by molar-refractivity contribution is 7.09. The Balaban J connectivity index is 1.80. The molecule has 2 N–H and O–H groups in total. The standard InChI is InChI=1S/C22H24ClN3O2S/c1-15-21(29-14-25-15)9-10-26(2)12-17-11-16(18-5-3-4-6-19(18)23)7-8-20(17)28-13-22(24)27/h3-8,11,14H,9-10,12-13H2,1-2H3,(H2,24,27). The van der Waals surface area contributed by atoms with E-state index in [1.54, 1.807) is 11.3 Å². The maximum absolute atomic E-state index is 11.2.